The number of piperidine rings is 1. The first-order chi connectivity index (χ1) is 16.2. The third-order valence-corrected chi connectivity index (χ3v) is 5.70. The number of nitrogens with zero attached hydrogens (tertiary/aromatic N) is 1. The Morgan fingerprint density at radius 3 is 2.47 bits per heavy atom. The van der Waals surface area contributed by atoms with Crippen LogP contribution in [-0.2, 0) is 14.4 Å². The molecule has 9 nitrogen and oxygen atoms in total. The molecule has 3 rings (SSSR count). The molecule has 0 radical (unpaired) electrons. The van der Waals surface area contributed by atoms with Crippen LogP contribution in [0.2, 0.25) is 0 Å². The van der Waals surface area contributed by atoms with Crippen molar-refractivity contribution in [3.8, 4) is 0 Å². The third kappa shape index (κ3) is 6.81. The number of amides is 4. The van der Waals surface area contributed by atoms with E-state index in [4.69, 9.17) is 5.11 Å². The largest absolute Gasteiger partial charge is 0.481 e. The highest BCUT2D eigenvalue weighted by Crippen LogP contribution is 2.27. The summed E-state index contributed by atoms with van der Waals surface area (Å²) in [6, 6.07) is 13.6. The van der Waals surface area contributed by atoms with Crippen molar-refractivity contribution >= 4 is 40.9 Å². The van der Waals surface area contributed by atoms with Crippen LogP contribution in [0.15, 0.2) is 48.5 Å². The minimum Gasteiger partial charge on any atom is -0.481 e. The van der Waals surface area contributed by atoms with Gasteiger partial charge in [0.2, 0.25) is 11.8 Å². The van der Waals surface area contributed by atoms with E-state index in [0.29, 0.717) is 24.3 Å². The van der Waals surface area contributed by atoms with Gasteiger partial charge in [-0.25, -0.2) is 4.79 Å². The highest BCUT2D eigenvalue weighted by molar-refractivity contribution is 6.01. The molecular formula is C25H30N4O5. The van der Waals surface area contributed by atoms with Gasteiger partial charge in [-0.3, -0.25) is 14.4 Å². The lowest BCUT2D eigenvalue weighted by Gasteiger charge is -2.32. The Morgan fingerprint density at radius 1 is 1.09 bits per heavy atom. The van der Waals surface area contributed by atoms with Gasteiger partial charge in [-0.05, 0) is 62.6 Å². The molecule has 0 unspecified atom stereocenters. The Morgan fingerprint density at radius 2 is 1.79 bits per heavy atom. The van der Waals surface area contributed by atoms with Gasteiger partial charge in [0.05, 0.1) is 6.42 Å². The van der Waals surface area contributed by atoms with Crippen LogP contribution in [0.25, 0.3) is 0 Å². The van der Waals surface area contributed by atoms with Crippen molar-refractivity contribution in [2.45, 2.75) is 45.6 Å². The number of aliphatic carboxylic acids is 1. The van der Waals surface area contributed by atoms with E-state index < -0.39 is 17.9 Å². The molecule has 0 saturated carbocycles. The Balaban J connectivity index is 1.56. The maximum atomic E-state index is 13.0. The van der Waals surface area contributed by atoms with Crippen LogP contribution in [0.1, 0.15) is 38.2 Å². The molecule has 2 aromatic rings. The van der Waals surface area contributed by atoms with Crippen LogP contribution in [0.3, 0.4) is 0 Å². The van der Waals surface area contributed by atoms with Crippen LogP contribution in [0, 0.1) is 12.8 Å². The summed E-state index contributed by atoms with van der Waals surface area (Å²) in [5.74, 6) is -1.90. The third-order valence-electron chi connectivity index (χ3n) is 5.70. The summed E-state index contributed by atoms with van der Waals surface area (Å²) in [5.41, 5.74) is 2.96. The lowest BCUT2D eigenvalue weighted by molar-refractivity contribution is -0.138. The standard InChI is InChI=1S/C25H30N4O5/c1-16-6-3-4-8-21(16)28-25(34)27-19-9-11-20(12-10-19)29-13-5-7-18(24(29)33)15-22(30)26-17(2)14-23(31)32/h3-4,6,8-12,17-18H,5,7,13-15H2,1-2H3,(H,26,30)(H,31,32)(H2,27,28,34)/t17-,18-/m1/s1. The number of carbonyl (C=O) groups excluding carboxylic acids is 3. The average molecular weight is 467 g/mol. The first-order valence-electron chi connectivity index (χ1n) is 11.3. The van der Waals surface area contributed by atoms with E-state index in [1.807, 2.05) is 31.2 Å². The van der Waals surface area contributed by atoms with E-state index in [2.05, 4.69) is 16.0 Å². The van der Waals surface area contributed by atoms with Crippen LogP contribution >= 0.6 is 0 Å². The van der Waals surface area contributed by atoms with Crippen molar-refractivity contribution in [1.82, 2.24) is 5.32 Å². The van der Waals surface area contributed by atoms with Crippen molar-refractivity contribution in [1.29, 1.82) is 0 Å². The minimum absolute atomic E-state index is 0.0258. The fourth-order valence-corrected chi connectivity index (χ4v) is 3.99. The molecule has 0 spiro atoms. The summed E-state index contributed by atoms with van der Waals surface area (Å²) < 4.78 is 0. The molecule has 34 heavy (non-hydrogen) atoms. The zero-order chi connectivity index (χ0) is 24.7. The molecule has 0 bridgehead atoms. The molecule has 1 aliphatic heterocycles. The molecule has 2 aromatic carbocycles. The number of hydrogen-bond donors (Lipinski definition) is 4. The van der Waals surface area contributed by atoms with Gasteiger partial charge >= 0.3 is 12.0 Å². The number of hydrogen-bond acceptors (Lipinski definition) is 4. The average Bonchev–Trinajstić information content (AvgIpc) is 2.77. The second kappa shape index (κ2) is 11.3. The molecule has 9 heteroatoms. The van der Waals surface area contributed by atoms with Crippen LogP contribution in [0.5, 0.6) is 0 Å². The molecule has 4 amide bonds. The monoisotopic (exact) mass is 466 g/mol. The van der Waals surface area contributed by atoms with Crippen molar-refractivity contribution in [3.63, 3.8) is 0 Å². The Labute approximate surface area is 198 Å². The van der Waals surface area contributed by atoms with Gasteiger partial charge in [0, 0.05) is 42.0 Å². The molecule has 0 aliphatic carbocycles. The first kappa shape index (κ1) is 24.8. The number of para-hydroxylation sites is 1. The van der Waals surface area contributed by atoms with Crippen molar-refractivity contribution in [3.05, 3.63) is 54.1 Å². The maximum absolute atomic E-state index is 13.0. The zero-order valence-electron chi connectivity index (χ0n) is 19.3. The summed E-state index contributed by atoms with van der Waals surface area (Å²) in [5, 5.41) is 17.1. The molecule has 180 valence electrons. The van der Waals surface area contributed by atoms with Gasteiger partial charge in [0.15, 0.2) is 0 Å². The molecule has 2 atom stereocenters. The smallest absolute Gasteiger partial charge is 0.323 e. The molecule has 0 aromatic heterocycles. The number of nitrogens with one attached hydrogen (secondary N) is 3. The van der Waals surface area contributed by atoms with Crippen molar-refractivity contribution in [2.24, 2.45) is 5.92 Å². The number of anilines is 3. The van der Waals surface area contributed by atoms with Gasteiger partial charge in [-0.2, -0.15) is 0 Å². The number of aryl methyl sites for hydroxylation is 1. The number of urea groups is 1. The molecule has 4 N–H and O–H groups in total. The Hall–Kier alpha value is -3.88. The van der Waals surface area contributed by atoms with Crippen LogP contribution in [0.4, 0.5) is 21.9 Å². The van der Waals surface area contributed by atoms with E-state index in [-0.39, 0.29) is 30.7 Å². The molecule has 1 saturated heterocycles. The van der Waals surface area contributed by atoms with Gasteiger partial charge in [0.25, 0.3) is 0 Å². The second-order valence-corrected chi connectivity index (χ2v) is 8.54. The summed E-state index contributed by atoms with van der Waals surface area (Å²) >= 11 is 0. The fourth-order valence-electron chi connectivity index (χ4n) is 3.99. The summed E-state index contributed by atoms with van der Waals surface area (Å²) in [6.45, 7) is 4.08. The number of benzene rings is 2. The fraction of sp³-hybridized carbons (Fsp3) is 0.360. The van der Waals surface area contributed by atoms with Crippen molar-refractivity contribution < 1.29 is 24.3 Å². The first-order valence-corrected chi connectivity index (χ1v) is 11.3. The quantitative estimate of drug-likeness (QED) is 0.471. The summed E-state index contributed by atoms with van der Waals surface area (Å²) in [4.78, 5) is 50.0. The van der Waals surface area contributed by atoms with E-state index in [0.717, 1.165) is 17.7 Å². The highest BCUT2D eigenvalue weighted by atomic mass is 16.4. The second-order valence-electron chi connectivity index (χ2n) is 8.54. The SMILES string of the molecule is Cc1ccccc1NC(=O)Nc1ccc(N2CCC[C@H](CC(=O)N[C@H](C)CC(=O)O)C2=O)cc1. The Bertz CT molecular complexity index is 1050. The van der Waals surface area contributed by atoms with Gasteiger partial charge in [-0.15, -0.1) is 0 Å². The van der Waals surface area contributed by atoms with Crippen LogP contribution in [-0.4, -0.2) is 41.5 Å². The highest BCUT2D eigenvalue weighted by Gasteiger charge is 2.31. The summed E-state index contributed by atoms with van der Waals surface area (Å²) in [7, 11) is 0. The number of carboxylic acids is 1. The van der Waals surface area contributed by atoms with Crippen LogP contribution < -0.4 is 20.9 Å². The molecule has 1 fully saturated rings. The number of rotatable bonds is 8. The lowest BCUT2D eigenvalue weighted by Crippen LogP contribution is -2.44. The van der Waals surface area contributed by atoms with E-state index >= 15 is 0 Å². The number of carbonyl (C=O) groups is 4. The zero-order valence-corrected chi connectivity index (χ0v) is 19.3. The maximum Gasteiger partial charge on any atom is 0.323 e. The molecule has 1 heterocycles. The predicted molar refractivity (Wildman–Crippen MR) is 130 cm³/mol. The topological polar surface area (TPSA) is 128 Å². The predicted octanol–water partition coefficient (Wildman–Crippen LogP) is 3.75. The van der Waals surface area contributed by atoms with E-state index in [1.54, 1.807) is 36.1 Å². The van der Waals surface area contributed by atoms with Gasteiger partial charge in [-0.1, -0.05) is 18.2 Å². The summed E-state index contributed by atoms with van der Waals surface area (Å²) in [6.07, 6.45) is 1.22. The Kier molecular flexibility index (Phi) is 8.24. The molecular weight excluding hydrogens is 436 g/mol. The van der Waals surface area contributed by atoms with E-state index in [9.17, 15) is 19.2 Å². The van der Waals surface area contributed by atoms with Crippen molar-refractivity contribution in [2.75, 3.05) is 22.1 Å². The van der Waals surface area contributed by atoms with Gasteiger partial charge in [0.1, 0.15) is 0 Å². The van der Waals surface area contributed by atoms with E-state index in [1.165, 1.54) is 0 Å². The number of carboxylic acid groups (broad SMARTS) is 1. The van der Waals surface area contributed by atoms with Gasteiger partial charge < -0.3 is 26.0 Å². The minimum atomic E-state index is -0.988. The normalized spacial score (nSPS) is 16.5. The lowest BCUT2D eigenvalue weighted by atomic mass is 9.93. The molecule has 1 aliphatic rings.